The summed E-state index contributed by atoms with van der Waals surface area (Å²) in [5, 5.41) is 3.17. The van der Waals surface area contributed by atoms with Crippen LogP contribution in [0.2, 0.25) is 0 Å². The number of nitrogens with two attached hydrogens (primary N) is 1. The standard InChI is InChI=1S/C16H18N4O/c1-11-16(17)19-14-9-12(3-4-15(14)21-11)10-20(2)13-5-7-18-8-6-13/h3-9,19H,10,17H2,1-2H3. The van der Waals surface area contributed by atoms with Gasteiger partial charge in [0.05, 0.1) is 5.69 Å². The van der Waals surface area contributed by atoms with E-state index in [4.69, 9.17) is 10.5 Å². The number of rotatable bonds is 3. The lowest BCUT2D eigenvalue weighted by Crippen LogP contribution is -2.20. The molecule has 1 aliphatic rings. The Balaban J connectivity index is 1.79. The lowest BCUT2D eigenvalue weighted by molar-refractivity contribution is 0.415. The Bertz CT molecular complexity index is 682. The van der Waals surface area contributed by atoms with E-state index >= 15 is 0 Å². The van der Waals surface area contributed by atoms with Crippen LogP contribution < -0.4 is 20.7 Å². The SMILES string of the molecule is CC1=C(N)Nc2cc(CN(C)c3ccncc3)ccc2O1. The maximum atomic E-state index is 5.86. The molecule has 0 aliphatic carbocycles. The minimum atomic E-state index is 0.558. The summed E-state index contributed by atoms with van der Waals surface area (Å²) >= 11 is 0. The highest BCUT2D eigenvalue weighted by Crippen LogP contribution is 2.32. The summed E-state index contributed by atoms with van der Waals surface area (Å²) in [5.41, 5.74) is 9.07. The van der Waals surface area contributed by atoms with E-state index in [-0.39, 0.29) is 0 Å². The first kappa shape index (κ1) is 13.3. The highest BCUT2D eigenvalue weighted by molar-refractivity contribution is 5.63. The van der Waals surface area contributed by atoms with Gasteiger partial charge in [-0.1, -0.05) is 6.07 Å². The lowest BCUT2D eigenvalue weighted by atomic mass is 10.1. The normalized spacial score (nSPS) is 13.2. The van der Waals surface area contributed by atoms with Gasteiger partial charge in [-0.05, 0) is 36.8 Å². The largest absolute Gasteiger partial charge is 0.456 e. The van der Waals surface area contributed by atoms with Crippen molar-refractivity contribution in [1.82, 2.24) is 4.98 Å². The van der Waals surface area contributed by atoms with Crippen LogP contribution in [0.25, 0.3) is 0 Å². The van der Waals surface area contributed by atoms with E-state index in [0.717, 1.165) is 23.7 Å². The lowest BCUT2D eigenvalue weighted by Gasteiger charge is -2.23. The molecule has 2 heterocycles. The molecule has 0 radical (unpaired) electrons. The van der Waals surface area contributed by atoms with Gasteiger partial charge in [-0.25, -0.2) is 0 Å². The summed E-state index contributed by atoms with van der Waals surface area (Å²) < 4.78 is 5.66. The molecule has 3 N–H and O–H groups in total. The number of aromatic nitrogens is 1. The number of nitrogens with one attached hydrogen (secondary N) is 1. The summed E-state index contributed by atoms with van der Waals surface area (Å²) in [6.07, 6.45) is 3.59. The van der Waals surface area contributed by atoms with Crippen molar-refractivity contribution in [3.63, 3.8) is 0 Å². The molecule has 0 unspecified atom stereocenters. The molecule has 5 heteroatoms. The van der Waals surface area contributed by atoms with Crippen molar-refractivity contribution in [2.75, 3.05) is 17.3 Å². The minimum absolute atomic E-state index is 0.558. The Morgan fingerprint density at radius 3 is 2.76 bits per heavy atom. The number of pyridine rings is 1. The Morgan fingerprint density at radius 1 is 1.24 bits per heavy atom. The van der Waals surface area contributed by atoms with Gasteiger partial charge in [0.1, 0.15) is 11.6 Å². The molecule has 0 bridgehead atoms. The molecule has 5 nitrogen and oxygen atoms in total. The molecule has 21 heavy (non-hydrogen) atoms. The van der Waals surface area contributed by atoms with Crippen molar-refractivity contribution in [2.24, 2.45) is 5.73 Å². The maximum Gasteiger partial charge on any atom is 0.150 e. The van der Waals surface area contributed by atoms with Gasteiger partial charge >= 0.3 is 0 Å². The first-order valence-corrected chi connectivity index (χ1v) is 6.79. The summed E-state index contributed by atoms with van der Waals surface area (Å²) in [6, 6.07) is 10.1. The van der Waals surface area contributed by atoms with Crippen molar-refractivity contribution in [2.45, 2.75) is 13.5 Å². The van der Waals surface area contributed by atoms with Crippen molar-refractivity contribution < 1.29 is 4.74 Å². The van der Waals surface area contributed by atoms with Gasteiger partial charge in [0.25, 0.3) is 0 Å². The van der Waals surface area contributed by atoms with Gasteiger partial charge in [-0.3, -0.25) is 4.98 Å². The van der Waals surface area contributed by atoms with E-state index in [9.17, 15) is 0 Å². The van der Waals surface area contributed by atoms with Crippen LogP contribution >= 0.6 is 0 Å². The van der Waals surface area contributed by atoms with Crippen molar-refractivity contribution in [3.05, 3.63) is 59.9 Å². The predicted molar refractivity (Wildman–Crippen MR) is 83.9 cm³/mol. The van der Waals surface area contributed by atoms with Crippen LogP contribution in [0.1, 0.15) is 12.5 Å². The first-order chi connectivity index (χ1) is 10.1. The Labute approximate surface area is 124 Å². The van der Waals surface area contributed by atoms with Gasteiger partial charge in [0, 0.05) is 31.7 Å². The van der Waals surface area contributed by atoms with Crippen molar-refractivity contribution >= 4 is 11.4 Å². The van der Waals surface area contributed by atoms with Crippen molar-refractivity contribution in [1.29, 1.82) is 0 Å². The van der Waals surface area contributed by atoms with Crippen LogP contribution in [-0.2, 0) is 6.54 Å². The average molecular weight is 282 g/mol. The smallest absolute Gasteiger partial charge is 0.150 e. The van der Waals surface area contributed by atoms with Crippen LogP contribution in [0, 0.1) is 0 Å². The fourth-order valence-electron chi connectivity index (χ4n) is 2.28. The molecular weight excluding hydrogens is 264 g/mol. The summed E-state index contributed by atoms with van der Waals surface area (Å²) in [4.78, 5) is 6.20. The highest BCUT2D eigenvalue weighted by Gasteiger charge is 2.15. The van der Waals surface area contributed by atoms with E-state index in [1.165, 1.54) is 5.56 Å². The van der Waals surface area contributed by atoms with Gasteiger partial charge < -0.3 is 20.7 Å². The molecule has 0 atom stereocenters. The van der Waals surface area contributed by atoms with Crippen LogP contribution in [0.5, 0.6) is 5.75 Å². The zero-order valence-corrected chi connectivity index (χ0v) is 12.1. The summed E-state index contributed by atoms with van der Waals surface area (Å²) in [7, 11) is 2.05. The molecule has 1 aromatic heterocycles. The van der Waals surface area contributed by atoms with E-state index < -0.39 is 0 Å². The third-order valence-electron chi connectivity index (χ3n) is 3.48. The van der Waals surface area contributed by atoms with Crippen LogP contribution in [-0.4, -0.2) is 12.0 Å². The number of nitrogens with zero attached hydrogens (tertiary/aromatic N) is 2. The Hall–Kier alpha value is -2.69. The fourth-order valence-corrected chi connectivity index (χ4v) is 2.28. The molecule has 0 spiro atoms. The number of benzene rings is 1. The second-order valence-electron chi connectivity index (χ2n) is 5.09. The van der Waals surface area contributed by atoms with Gasteiger partial charge in [0.15, 0.2) is 5.75 Å². The molecule has 0 fully saturated rings. The minimum Gasteiger partial charge on any atom is -0.456 e. The molecule has 2 aromatic rings. The van der Waals surface area contributed by atoms with E-state index in [1.807, 2.05) is 25.1 Å². The zero-order valence-electron chi connectivity index (χ0n) is 12.1. The predicted octanol–water partition coefficient (Wildman–Crippen LogP) is 2.67. The third kappa shape index (κ3) is 2.76. The summed E-state index contributed by atoms with van der Waals surface area (Å²) in [5.74, 6) is 2.06. The molecule has 0 saturated carbocycles. The number of fused-ring (bicyclic) bond motifs is 1. The molecule has 0 saturated heterocycles. The Kier molecular flexibility index (Phi) is 3.39. The topological polar surface area (TPSA) is 63.4 Å². The molecule has 3 rings (SSSR count). The molecule has 1 aromatic carbocycles. The summed E-state index contributed by atoms with van der Waals surface area (Å²) in [6.45, 7) is 2.64. The van der Waals surface area contributed by atoms with Crippen LogP contribution in [0.15, 0.2) is 54.3 Å². The maximum absolute atomic E-state index is 5.86. The molecule has 1 aliphatic heterocycles. The first-order valence-electron chi connectivity index (χ1n) is 6.79. The number of allylic oxidation sites excluding steroid dienone is 1. The van der Waals surface area contributed by atoms with Crippen LogP contribution in [0.3, 0.4) is 0 Å². The number of hydrogen-bond acceptors (Lipinski definition) is 5. The fraction of sp³-hybridized carbons (Fsp3) is 0.188. The molecule has 0 amide bonds. The molecule has 108 valence electrons. The van der Waals surface area contributed by atoms with Gasteiger partial charge in [0.2, 0.25) is 0 Å². The van der Waals surface area contributed by atoms with Gasteiger partial charge in [-0.15, -0.1) is 0 Å². The van der Waals surface area contributed by atoms with Crippen LogP contribution in [0.4, 0.5) is 11.4 Å². The monoisotopic (exact) mass is 282 g/mol. The zero-order chi connectivity index (χ0) is 14.8. The van der Waals surface area contributed by atoms with Gasteiger partial charge in [-0.2, -0.15) is 0 Å². The second-order valence-corrected chi connectivity index (χ2v) is 5.09. The van der Waals surface area contributed by atoms with E-state index in [2.05, 4.69) is 34.4 Å². The second kappa shape index (κ2) is 5.36. The average Bonchev–Trinajstić information content (AvgIpc) is 2.49. The highest BCUT2D eigenvalue weighted by atomic mass is 16.5. The number of hydrogen-bond donors (Lipinski definition) is 2. The Morgan fingerprint density at radius 2 is 2.00 bits per heavy atom. The number of anilines is 2. The van der Waals surface area contributed by atoms with Crippen molar-refractivity contribution in [3.8, 4) is 5.75 Å². The van der Waals surface area contributed by atoms with E-state index in [1.54, 1.807) is 12.4 Å². The quantitative estimate of drug-likeness (QED) is 0.906. The third-order valence-corrected chi connectivity index (χ3v) is 3.48. The van der Waals surface area contributed by atoms with E-state index in [0.29, 0.717) is 11.6 Å². The number of ether oxygens (including phenoxy) is 1. The molecular formula is C16H18N4O.